The van der Waals surface area contributed by atoms with Crippen molar-refractivity contribution in [1.82, 2.24) is 20.2 Å². The number of nitrogens with zero attached hydrogens (tertiary/aromatic N) is 4. The highest BCUT2D eigenvalue weighted by atomic mass is 79.9. The van der Waals surface area contributed by atoms with Crippen molar-refractivity contribution in [1.29, 1.82) is 0 Å². The van der Waals surface area contributed by atoms with Gasteiger partial charge in [-0.1, -0.05) is 47.0 Å². The molecule has 0 aliphatic heterocycles. The zero-order chi connectivity index (χ0) is 18.1. The molecule has 0 spiro atoms. The lowest BCUT2D eigenvalue weighted by Gasteiger charge is -2.30. The first-order valence-electron chi connectivity index (χ1n) is 8.98. The molecule has 0 bridgehead atoms. The Labute approximate surface area is 161 Å². The van der Waals surface area contributed by atoms with E-state index in [2.05, 4.69) is 93.1 Å². The standard InChI is InChI=1S/C20H22BrN5/c1-14-6-5-7-15(2)18(14)26-19(23-24-25-26)20(12-3-4-13-20)22-17-10-8-16(21)9-11-17/h5-11,22H,3-4,12-13H2,1-2H3. The summed E-state index contributed by atoms with van der Waals surface area (Å²) in [4.78, 5) is 0. The number of para-hydroxylation sites is 1. The van der Waals surface area contributed by atoms with E-state index in [1.807, 2.05) is 4.68 Å². The van der Waals surface area contributed by atoms with E-state index in [4.69, 9.17) is 0 Å². The monoisotopic (exact) mass is 411 g/mol. The Morgan fingerprint density at radius 1 is 1.00 bits per heavy atom. The van der Waals surface area contributed by atoms with Crippen LogP contribution in [0.4, 0.5) is 5.69 Å². The minimum Gasteiger partial charge on any atom is -0.373 e. The molecule has 2 aromatic carbocycles. The predicted octanol–water partition coefficient (Wildman–Crippen LogP) is 4.92. The number of aromatic nitrogens is 4. The molecule has 3 aromatic rings. The third-order valence-electron chi connectivity index (χ3n) is 5.23. The van der Waals surface area contributed by atoms with E-state index in [0.717, 1.165) is 34.5 Å². The van der Waals surface area contributed by atoms with Crippen LogP contribution in [0, 0.1) is 13.8 Å². The van der Waals surface area contributed by atoms with Gasteiger partial charge in [0.1, 0.15) is 0 Å². The Morgan fingerprint density at radius 3 is 2.31 bits per heavy atom. The zero-order valence-corrected chi connectivity index (χ0v) is 16.6. The number of tetrazole rings is 1. The third kappa shape index (κ3) is 3.03. The third-order valence-corrected chi connectivity index (χ3v) is 5.76. The summed E-state index contributed by atoms with van der Waals surface area (Å²) in [5.41, 5.74) is 4.28. The number of benzene rings is 2. The Kier molecular flexibility index (Phi) is 4.53. The van der Waals surface area contributed by atoms with Crippen LogP contribution in [-0.2, 0) is 5.54 Å². The highest BCUT2D eigenvalue weighted by molar-refractivity contribution is 9.10. The van der Waals surface area contributed by atoms with Gasteiger partial charge in [-0.25, -0.2) is 0 Å². The van der Waals surface area contributed by atoms with Crippen LogP contribution < -0.4 is 5.32 Å². The fraction of sp³-hybridized carbons (Fsp3) is 0.350. The summed E-state index contributed by atoms with van der Waals surface area (Å²) in [5.74, 6) is 0.898. The van der Waals surface area contributed by atoms with Crippen molar-refractivity contribution >= 4 is 21.6 Å². The number of hydrogen-bond donors (Lipinski definition) is 1. The second kappa shape index (κ2) is 6.83. The number of aryl methyl sites for hydroxylation is 2. The average molecular weight is 412 g/mol. The molecular formula is C20H22BrN5. The molecule has 1 aromatic heterocycles. The summed E-state index contributed by atoms with van der Waals surface area (Å²) in [5, 5.41) is 16.6. The van der Waals surface area contributed by atoms with Gasteiger partial charge in [0.2, 0.25) is 0 Å². The van der Waals surface area contributed by atoms with Crippen LogP contribution in [0.1, 0.15) is 42.6 Å². The number of rotatable bonds is 4. The molecule has 1 N–H and O–H groups in total. The lowest BCUT2D eigenvalue weighted by molar-refractivity contribution is 0.461. The van der Waals surface area contributed by atoms with Gasteiger partial charge < -0.3 is 5.32 Å². The van der Waals surface area contributed by atoms with Gasteiger partial charge in [0.15, 0.2) is 5.82 Å². The van der Waals surface area contributed by atoms with Crippen LogP contribution >= 0.6 is 15.9 Å². The molecule has 1 aliphatic rings. The fourth-order valence-corrected chi connectivity index (χ4v) is 4.23. The summed E-state index contributed by atoms with van der Waals surface area (Å²) in [6.07, 6.45) is 4.38. The van der Waals surface area contributed by atoms with Crippen LogP contribution in [0.15, 0.2) is 46.9 Å². The molecule has 4 rings (SSSR count). The highest BCUT2D eigenvalue weighted by Gasteiger charge is 2.41. The summed E-state index contributed by atoms with van der Waals surface area (Å²) in [7, 11) is 0. The van der Waals surface area contributed by atoms with Crippen LogP contribution in [0.5, 0.6) is 0 Å². The molecule has 0 radical (unpaired) electrons. The highest BCUT2D eigenvalue weighted by Crippen LogP contribution is 2.41. The Balaban J connectivity index is 1.80. The summed E-state index contributed by atoms with van der Waals surface area (Å²) in [6, 6.07) is 14.6. The second-order valence-corrected chi connectivity index (χ2v) is 7.99. The molecule has 0 unspecified atom stereocenters. The Bertz CT molecular complexity index is 890. The van der Waals surface area contributed by atoms with Crippen LogP contribution in [0.3, 0.4) is 0 Å². The maximum absolute atomic E-state index is 4.47. The first kappa shape index (κ1) is 17.2. The van der Waals surface area contributed by atoms with Gasteiger partial charge in [0.05, 0.1) is 11.2 Å². The molecule has 0 amide bonds. The topological polar surface area (TPSA) is 55.6 Å². The van der Waals surface area contributed by atoms with Crippen molar-refractivity contribution in [2.75, 3.05) is 5.32 Å². The van der Waals surface area contributed by atoms with E-state index in [-0.39, 0.29) is 5.54 Å². The molecule has 1 fully saturated rings. The number of anilines is 1. The second-order valence-electron chi connectivity index (χ2n) is 7.08. The van der Waals surface area contributed by atoms with E-state index < -0.39 is 0 Å². The van der Waals surface area contributed by atoms with Crippen molar-refractivity contribution in [2.45, 2.75) is 45.1 Å². The summed E-state index contributed by atoms with van der Waals surface area (Å²) < 4.78 is 3.01. The van der Waals surface area contributed by atoms with Gasteiger partial charge in [0, 0.05) is 10.2 Å². The first-order chi connectivity index (χ1) is 12.6. The molecule has 0 atom stereocenters. The maximum Gasteiger partial charge on any atom is 0.181 e. The molecule has 1 heterocycles. The largest absolute Gasteiger partial charge is 0.373 e. The zero-order valence-electron chi connectivity index (χ0n) is 15.0. The van der Waals surface area contributed by atoms with Crippen molar-refractivity contribution in [3.8, 4) is 5.69 Å². The predicted molar refractivity (Wildman–Crippen MR) is 107 cm³/mol. The van der Waals surface area contributed by atoms with E-state index in [1.165, 1.54) is 24.0 Å². The van der Waals surface area contributed by atoms with Crippen molar-refractivity contribution in [2.24, 2.45) is 0 Å². The fourth-order valence-electron chi connectivity index (χ4n) is 3.97. The molecular weight excluding hydrogens is 390 g/mol. The minimum atomic E-state index is -0.244. The minimum absolute atomic E-state index is 0.244. The van der Waals surface area contributed by atoms with Gasteiger partial charge in [-0.15, -0.1) is 5.10 Å². The van der Waals surface area contributed by atoms with Crippen LogP contribution in [-0.4, -0.2) is 20.2 Å². The number of hydrogen-bond acceptors (Lipinski definition) is 4. The number of halogens is 1. The van der Waals surface area contributed by atoms with Crippen molar-refractivity contribution < 1.29 is 0 Å². The van der Waals surface area contributed by atoms with Gasteiger partial charge in [-0.3, -0.25) is 0 Å². The molecule has 1 saturated carbocycles. The van der Waals surface area contributed by atoms with E-state index in [9.17, 15) is 0 Å². The molecule has 0 saturated heterocycles. The van der Waals surface area contributed by atoms with Gasteiger partial charge in [-0.2, -0.15) is 4.68 Å². The first-order valence-corrected chi connectivity index (χ1v) is 9.78. The molecule has 1 aliphatic carbocycles. The molecule has 6 heteroatoms. The molecule has 26 heavy (non-hydrogen) atoms. The van der Waals surface area contributed by atoms with Gasteiger partial charge in [0.25, 0.3) is 0 Å². The molecule has 134 valence electrons. The van der Waals surface area contributed by atoms with Crippen LogP contribution in [0.2, 0.25) is 0 Å². The summed E-state index contributed by atoms with van der Waals surface area (Å²) in [6.45, 7) is 4.22. The van der Waals surface area contributed by atoms with E-state index in [1.54, 1.807) is 0 Å². The lowest BCUT2D eigenvalue weighted by atomic mass is 9.95. The average Bonchev–Trinajstić information content (AvgIpc) is 3.27. The SMILES string of the molecule is Cc1cccc(C)c1-n1nnnc1C1(Nc2ccc(Br)cc2)CCCC1. The smallest absolute Gasteiger partial charge is 0.181 e. The maximum atomic E-state index is 4.47. The Morgan fingerprint density at radius 2 is 1.65 bits per heavy atom. The van der Waals surface area contributed by atoms with Gasteiger partial charge >= 0.3 is 0 Å². The van der Waals surface area contributed by atoms with Crippen molar-refractivity contribution in [3.63, 3.8) is 0 Å². The normalized spacial score (nSPS) is 16.0. The molecule has 5 nitrogen and oxygen atoms in total. The van der Waals surface area contributed by atoms with Crippen LogP contribution in [0.25, 0.3) is 5.69 Å². The van der Waals surface area contributed by atoms with Gasteiger partial charge in [-0.05, 0) is 72.5 Å². The van der Waals surface area contributed by atoms with E-state index >= 15 is 0 Å². The Hall–Kier alpha value is -2.21. The summed E-state index contributed by atoms with van der Waals surface area (Å²) >= 11 is 3.50. The van der Waals surface area contributed by atoms with Crippen molar-refractivity contribution in [3.05, 3.63) is 63.9 Å². The number of nitrogens with one attached hydrogen (secondary N) is 1. The lowest BCUT2D eigenvalue weighted by Crippen LogP contribution is -2.35. The quantitative estimate of drug-likeness (QED) is 0.661. The van der Waals surface area contributed by atoms with E-state index in [0.29, 0.717) is 0 Å².